The molecule has 1 aromatic rings. The average molecular weight is 272 g/mol. The highest BCUT2D eigenvalue weighted by Gasteiger charge is 2.17. The van der Waals surface area contributed by atoms with Crippen molar-refractivity contribution in [2.45, 2.75) is 18.7 Å². The summed E-state index contributed by atoms with van der Waals surface area (Å²) in [5, 5.41) is 10.5. The Hall–Kier alpha value is -1.23. The number of hydrogen-bond donors (Lipinski definition) is 0. The molecular formula is C10H10BrNO3. The molecule has 1 unspecified atom stereocenters. The highest BCUT2D eigenvalue weighted by atomic mass is 79.9. The van der Waals surface area contributed by atoms with E-state index in [4.69, 9.17) is 0 Å². The lowest BCUT2D eigenvalue weighted by Gasteiger charge is -2.05. The highest BCUT2D eigenvalue weighted by molar-refractivity contribution is 9.10. The maximum absolute atomic E-state index is 11.7. The second kappa shape index (κ2) is 4.53. The van der Waals surface area contributed by atoms with Crippen LogP contribution in [0.25, 0.3) is 0 Å². The van der Waals surface area contributed by atoms with Gasteiger partial charge in [-0.2, -0.15) is 0 Å². The first-order valence-corrected chi connectivity index (χ1v) is 5.28. The molecule has 1 aromatic carbocycles. The molecule has 0 N–H and O–H groups in total. The van der Waals surface area contributed by atoms with Gasteiger partial charge in [-0.3, -0.25) is 14.9 Å². The van der Waals surface area contributed by atoms with Crippen molar-refractivity contribution in [3.05, 3.63) is 39.4 Å². The van der Waals surface area contributed by atoms with E-state index in [0.29, 0.717) is 5.56 Å². The Morgan fingerprint density at radius 3 is 2.60 bits per heavy atom. The molecule has 0 aliphatic heterocycles. The fraction of sp³-hybridized carbons (Fsp3) is 0.300. The zero-order chi connectivity index (χ0) is 11.6. The lowest BCUT2D eigenvalue weighted by atomic mass is 10.0. The number of benzene rings is 1. The number of alkyl halides is 1. The number of non-ortho nitro benzene ring substituents is 1. The van der Waals surface area contributed by atoms with E-state index in [1.54, 1.807) is 19.9 Å². The van der Waals surface area contributed by atoms with E-state index in [0.717, 1.165) is 5.56 Å². The Balaban J connectivity index is 3.22. The molecule has 0 radical (unpaired) electrons. The van der Waals surface area contributed by atoms with Crippen molar-refractivity contribution in [2.75, 3.05) is 0 Å². The molecule has 0 fully saturated rings. The van der Waals surface area contributed by atoms with Crippen LogP contribution in [0.15, 0.2) is 18.2 Å². The maximum atomic E-state index is 11.7. The third kappa shape index (κ3) is 2.62. The van der Waals surface area contributed by atoms with Crippen LogP contribution in [0.2, 0.25) is 0 Å². The van der Waals surface area contributed by atoms with Crippen molar-refractivity contribution in [1.82, 2.24) is 0 Å². The number of nitrogens with zero attached hydrogens (tertiary/aromatic N) is 1. The van der Waals surface area contributed by atoms with Crippen LogP contribution in [-0.4, -0.2) is 15.5 Å². The monoisotopic (exact) mass is 271 g/mol. The van der Waals surface area contributed by atoms with E-state index in [1.165, 1.54) is 12.1 Å². The molecule has 0 bridgehead atoms. The van der Waals surface area contributed by atoms with Gasteiger partial charge in [0.05, 0.1) is 9.75 Å². The largest absolute Gasteiger partial charge is 0.293 e. The van der Waals surface area contributed by atoms with Crippen molar-refractivity contribution in [1.29, 1.82) is 0 Å². The van der Waals surface area contributed by atoms with Gasteiger partial charge in [-0.05, 0) is 19.4 Å². The van der Waals surface area contributed by atoms with Gasteiger partial charge in [0.25, 0.3) is 5.69 Å². The lowest BCUT2D eigenvalue weighted by Crippen LogP contribution is -2.11. The van der Waals surface area contributed by atoms with Crippen LogP contribution >= 0.6 is 15.9 Å². The summed E-state index contributed by atoms with van der Waals surface area (Å²) in [7, 11) is 0. The van der Waals surface area contributed by atoms with E-state index in [-0.39, 0.29) is 16.3 Å². The normalized spacial score (nSPS) is 12.2. The van der Waals surface area contributed by atoms with Crippen molar-refractivity contribution in [3.63, 3.8) is 0 Å². The third-order valence-electron chi connectivity index (χ3n) is 2.06. The van der Waals surface area contributed by atoms with Crippen LogP contribution in [0, 0.1) is 17.0 Å². The molecule has 0 amide bonds. The number of halogens is 1. The van der Waals surface area contributed by atoms with Gasteiger partial charge in [0.1, 0.15) is 0 Å². The molecule has 15 heavy (non-hydrogen) atoms. The first-order chi connectivity index (χ1) is 6.93. The molecule has 80 valence electrons. The molecule has 0 aromatic heterocycles. The predicted octanol–water partition coefficient (Wildman–Crippen LogP) is 2.87. The van der Waals surface area contributed by atoms with E-state index in [9.17, 15) is 14.9 Å². The van der Waals surface area contributed by atoms with Crippen molar-refractivity contribution in [2.24, 2.45) is 0 Å². The van der Waals surface area contributed by atoms with Gasteiger partial charge >= 0.3 is 0 Å². The van der Waals surface area contributed by atoms with E-state index in [1.807, 2.05) is 0 Å². The number of ketones is 1. The standard InChI is InChI=1S/C10H10BrNO3/c1-6-3-4-8(12(14)15)5-9(6)10(13)7(2)11/h3-5,7H,1-2H3. The van der Waals surface area contributed by atoms with E-state index >= 15 is 0 Å². The molecule has 1 rings (SSSR count). The third-order valence-corrected chi connectivity index (χ3v) is 2.47. The minimum atomic E-state index is -0.505. The predicted molar refractivity (Wildman–Crippen MR) is 60.6 cm³/mol. The number of carbonyl (C=O) groups is 1. The van der Waals surface area contributed by atoms with E-state index < -0.39 is 4.92 Å². The fourth-order valence-corrected chi connectivity index (χ4v) is 1.45. The summed E-state index contributed by atoms with van der Waals surface area (Å²) >= 11 is 3.15. The maximum Gasteiger partial charge on any atom is 0.270 e. The SMILES string of the molecule is Cc1ccc([N+](=O)[O-])cc1C(=O)C(C)Br. The smallest absolute Gasteiger partial charge is 0.270 e. The molecule has 0 saturated carbocycles. The Morgan fingerprint density at radius 1 is 1.53 bits per heavy atom. The van der Waals surface area contributed by atoms with Gasteiger partial charge in [0, 0.05) is 17.7 Å². The topological polar surface area (TPSA) is 60.2 Å². The summed E-state index contributed by atoms with van der Waals surface area (Å²) in [5.74, 6) is -0.142. The quantitative estimate of drug-likeness (QED) is 0.368. The molecule has 0 aliphatic rings. The Kier molecular flexibility index (Phi) is 3.57. The number of rotatable bonds is 3. The van der Waals surface area contributed by atoms with Crippen molar-refractivity contribution in [3.8, 4) is 0 Å². The molecule has 0 spiro atoms. The number of aryl methyl sites for hydroxylation is 1. The van der Waals surface area contributed by atoms with Gasteiger partial charge in [0.15, 0.2) is 5.78 Å². The summed E-state index contributed by atoms with van der Waals surface area (Å²) in [6.45, 7) is 3.45. The minimum absolute atomic E-state index is 0.0582. The second-order valence-corrected chi connectivity index (χ2v) is 4.61. The number of nitro benzene ring substituents is 1. The van der Waals surface area contributed by atoms with Crippen molar-refractivity contribution < 1.29 is 9.72 Å². The van der Waals surface area contributed by atoms with Crippen LogP contribution in [0.4, 0.5) is 5.69 Å². The summed E-state index contributed by atoms with van der Waals surface area (Å²) in [4.78, 5) is 21.4. The Bertz CT molecular complexity index is 415. The summed E-state index contributed by atoms with van der Waals surface area (Å²) in [5.41, 5.74) is 1.09. The fourth-order valence-electron chi connectivity index (χ4n) is 1.20. The van der Waals surface area contributed by atoms with Crippen LogP contribution in [0.5, 0.6) is 0 Å². The Morgan fingerprint density at radius 2 is 2.13 bits per heavy atom. The van der Waals surface area contributed by atoms with Gasteiger partial charge in [0.2, 0.25) is 0 Å². The van der Waals surface area contributed by atoms with Gasteiger partial charge in [-0.15, -0.1) is 0 Å². The lowest BCUT2D eigenvalue weighted by molar-refractivity contribution is -0.384. The average Bonchev–Trinajstić information content (AvgIpc) is 2.16. The van der Waals surface area contributed by atoms with Crippen LogP contribution in [-0.2, 0) is 0 Å². The van der Waals surface area contributed by atoms with Gasteiger partial charge in [-0.25, -0.2) is 0 Å². The zero-order valence-corrected chi connectivity index (χ0v) is 9.95. The van der Waals surface area contributed by atoms with Gasteiger partial charge < -0.3 is 0 Å². The van der Waals surface area contributed by atoms with E-state index in [2.05, 4.69) is 15.9 Å². The second-order valence-electron chi connectivity index (χ2n) is 3.24. The van der Waals surface area contributed by atoms with Crippen LogP contribution < -0.4 is 0 Å². The summed E-state index contributed by atoms with van der Waals surface area (Å²) in [6.07, 6.45) is 0. The molecule has 0 heterocycles. The van der Waals surface area contributed by atoms with Crippen LogP contribution in [0.3, 0.4) is 0 Å². The zero-order valence-electron chi connectivity index (χ0n) is 8.36. The Labute approximate surface area is 95.6 Å². The summed E-state index contributed by atoms with van der Waals surface area (Å²) < 4.78 is 0. The first-order valence-electron chi connectivity index (χ1n) is 4.37. The minimum Gasteiger partial charge on any atom is -0.293 e. The molecule has 1 atom stereocenters. The molecule has 5 heteroatoms. The molecule has 0 saturated heterocycles. The number of hydrogen-bond acceptors (Lipinski definition) is 3. The van der Waals surface area contributed by atoms with Crippen molar-refractivity contribution >= 4 is 27.4 Å². The molecule has 0 aliphatic carbocycles. The summed E-state index contributed by atoms with van der Waals surface area (Å²) in [6, 6.07) is 4.29. The molecular weight excluding hydrogens is 262 g/mol. The van der Waals surface area contributed by atoms with Crippen LogP contribution in [0.1, 0.15) is 22.8 Å². The number of nitro groups is 1. The number of carbonyl (C=O) groups excluding carboxylic acids is 1. The van der Waals surface area contributed by atoms with Gasteiger partial charge in [-0.1, -0.05) is 22.0 Å². The molecule has 4 nitrogen and oxygen atoms in total. The first kappa shape index (κ1) is 11.8. The number of Topliss-reactive ketones (excluding diaryl/α,β-unsaturated/α-hetero) is 1. The highest BCUT2D eigenvalue weighted by Crippen LogP contribution is 2.20.